The fourth-order valence-electron chi connectivity index (χ4n) is 14.2. The van der Waals surface area contributed by atoms with E-state index in [0.29, 0.717) is 23.3 Å². The molecule has 18 rings (SSSR count). The molecule has 0 amide bonds. The number of rotatable bonds is 9. The molecule has 12 aromatic carbocycles. The van der Waals surface area contributed by atoms with E-state index >= 15 is 0 Å². The fourth-order valence-corrected chi connectivity index (χ4v) is 15.4. The molecule has 0 aliphatic heterocycles. The van der Waals surface area contributed by atoms with Crippen LogP contribution in [0.4, 0.5) is 0 Å². The average molecular weight is 1170 g/mol. The van der Waals surface area contributed by atoms with Crippen LogP contribution in [0.25, 0.3) is 165 Å². The molecule has 0 N–H and O–H groups in total. The number of hydrogen-bond acceptors (Lipinski definition) is 6. The van der Waals surface area contributed by atoms with Gasteiger partial charge in [-0.1, -0.05) is 214 Å². The number of benzene rings is 12. The predicted octanol–water partition coefficient (Wildman–Crippen LogP) is 21.2. The molecule has 8 heteroatoms. The van der Waals surface area contributed by atoms with E-state index in [1.165, 1.54) is 80.6 Å². The summed E-state index contributed by atoms with van der Waals surface area (Å²) in [6, 6.07) is 102. The van der Waals surface area contributed by atoms with Gasteiger partial charge in [-0.25, -0.2) is 24.9 Å². The van der Waals surface area contributed by atoms with Gasteiger partial charge >= 0.3 is 0 Å². The maximum Gasteiger partial charge on any atom is 0.164 e. The zero-order chi connectivity index (χ0) is 59.6. The second-order valence-electron chi connectivity index (χ2n) is 24.0. The Morgan fingerprint density at radius 2 is 0.833 bits per heavy atom. The Hall–Kier alpha value is -11.5. The summed E-state index contributed by atoms with van der Waals surface area (Å²) in [5, 5.41) is 7.55. The molecular formula is C82H53N7S. The van der Waals surface area contributed by atoms with Crippen molar-refractivity contribution < 1.29 is 0 Å². The molecule has 0 saturated heterocycles. The molecule has 90 heavy (non-hydrogen) atoms. The first-order valence-electron chi connectivity index (χ1n) is 30.6. The molecule has 1 aliphatic carbocycles. The van der Waals surface area contributed by atoms with Gasteiger partial charge < -0.3 is 9.13 Å². The Morgan fingerprint density at radius 1 is 0.300 bits per heavy atom. The van der Waals surface area contributed by atoms with Gasteiger partial charge in [-0.3, -0.25) is 0 Å². The summed E-state index contributed by atoms with van der Waals surface area (Å²) in [5.41, 5.74) is 21.4. The highest BCUT2D eigenvalue weighted by atomic mass is 32.1. The molecule has 0 unspecified atom stereocenters. The van der Waals surface area contributed by atoms with Crippen LogP contribution in [0.3, 0.4) is 0 Å². The Labute approximate surface area is 523 Å². The monoisotopic (exact) mass is 1170 g/mol. The lowest BCUT2D eigenvalue weighted by Gasteiger charge is -2.25. The average Bonchev–Trinajstić information content (AvgIpc) is 1.56. The lowest BCUT2D eigenvalue weighted by Crippen LogP contribution is -2.16. The first-order valence-corrected chi connectivity index (χ1v) is 31.4. The number of aromatic nitrogens is 7. The maximum absolute atomic E-state index is 5.42. The van der Waals surface area contributed by atoms with Gasteiger partial charge in [0, 0.05) is 91.9 Å². The van der Waals surface area contributed by atoms with Crippen LogP contribution in [0, 0.1) is 0 Å². The van der Waals surface area contributed by atoms with Crippen molar-refractivity contribution in [1.29, 1.82) is 0 Å². The van der Waals surface area contributed by atoms with E-state index in [-0.39, 0.29) is 5.41 Å². The van der Waals surface area contributed by atoms with Gasteiger partial charge in [0.2, 0.25) is 0 Å². The first kappa shape index (κ1) is 51.7. The minimum atomic E-state index is -0.361. The van der Waals surface area contributed by atoms with Gasteiger partial charge in [-0.15, -0.1) is 11.3 Å². The SMILES string of the molecule is CC1(C)c2cc3c(cc2-c2cccc(-c4cccc(-c5cc(-c6ccccc6)nc(-c6ccc(-n7c8ccccc8c8c9sc%10ccccc%10c9ccc87)cc6)n5)c4)c21)c1ccccc1n3-c1cccc(-c2nc(-c3ccccc3)nc(-c3ccccc3)n2)c1. The van der Waals surface area contributed by atoms with Crippen molar-refractivity contribution in [2.24, 2.45) is 0 Å². The van der Waals surface area contributed by atoms with Crippen molar-refractivity contribution >= 4 is 75.1 Å². The summed E-state index contributed by atoms with van der Waals surface area (Å²) in [7, 11) is 0. The highest BCUT2D eigenvalue weighted by Gasteiger charge is 2.39. The lowest BCUT2D eigenvalue weighted by atomic mass is 9.78. The summed E-state index contributed by atoms with van der Waals surface area (Å²) in [4.78, 5) is 25.9. The minimum Gasteiger partial charge on any atom is -0.309 e. The Bertz CT molecular complexity index is 5690. The molecule has 0 radical (unpaired) electrons. The zero-order valence-corrected chi connectivity index (χ0v) is 50.0. The fraction of sp³-hybridized carbons (Fsp3) is 0.0366. The molecule has 5 heterocycles. The predicted molar refractivity (Wildman–Crippen MR) is 373 cm³/mol. The second kappa shape index (κ2) is 20.3. The molecule has 0 saturated carbocycles. The van der Waals surface area contributed by atoms with Crippen LogP contribution in [0.5, 0.6) is 0 Å². The van der Waals surface area contributed by atoms with Gasteiger partial charge in [0.15, 0.2) is 23.3 Å². The minimum absolute atomic E-state index is 0.361. The standard InChI is InChI=1S/C82H53N7S/c1-82(2)67-48-73-66(60-31-12-15-36-70(60)89(73)58-30-19-29-56(46-58)81-86-79(51-23-8-4-9-24-51)85-80(87-81)52-25-10-5-11-26-52)47-65(67)62-35-20-34-59(76(62)82)54-27-18-28-55(45-54)69-49-68(50-21-6-3-7-22-50)83-78(84-69)53-39-41-57(42-40-53)88-71-37-16-13-33-64(71)75-72(88)44-43-63-61-32-14-17-38-74(61)90-77(63)75/h3-49H,1-2H3. The van der Waals surface area contributed by atoms with Crippen LogP contribution in [-0.4, -0.2) is 34.1 Å². The number of fused-ring (bicyclic) bond motifs is 13. The molecule has 0 fully saturated rings. The van der Waals surface area contributed by atoms with Crippen LogP contribution in [-0.2, 0) is 5.41 Å². The van der Waals surface area contributed by atoms with E-state index in [4.69, 9.17) is 24.9 Å². The third kappa shape index (κ3) is 8.22. The van der Waals surface area contributed by atoms with Gasteiger partial charge in [-0.2, -0.15) is 0 Å². The van der Waals surface area contributed by atoms with Gasteiger partial charge in [0.1, 0.15) is 0 Å². The summed E-state index contributed by atoms with van der Waals surface area (Å²) in [6.07, 6.45) is 0. The van der Waals surface area contributed by atoms with Gasteiger partial charge in [0.05, 0.1) is 33.5 Å². The van der Waals surface area contributed by atoms with Crippen molar-refractivity contribution in [3.05, 3.63) is 296 Å². The lowest BCUT2D eigenvalue weighted by molar-refractivity contribution is 0.662. The molecular weight excluding hydrogens is 1120 g/mol. The summed E-state index contributed by atoms with van der Waals surface area (Å²) in [5.74, 6) is 2.56. The smallest absolute Gasteiger partial charge is 0.164 e. The number of thiophene rings is 1. The number of para-hydroxylation sites is 2. The topological polar surface area (TPSA) is 74.3 Å². The van der Waals surface area contributed by atoms with Crippen molar-refractivity contribution in [2.75, 3.05) is 0 Å². The quantitative estimate of drug-likeness (QED) is 0.144. The first-order chi connectivity index (χ1) is 44.4. The summed E-state index contributed by atoms with van der Waals surface area (Å²) in [6.45, 7) is 4.78. The van der Waals surface area contributed by atoms with Crippen LogP contribution >= 0.6 is 11.3 Å². The van der Waals surface area contributed by atoms with Crippen LogP contribution in [0.2, 0.25) is 0 Å². The van der Waals surface area contributed by atoms with Crippen molar-refractivity contribution in [1.82, 2.24) is 34.1 Å². The molecule has 17 aromatic rings. The third-order valence-corrected chi connectivity index (χ3v) is 19.6. The maximum atomic E-state index is 5.42. The molecule has 422 valence electrons. The Morgan fingerprint density at radius 3 is 1.57 bits per heavy atom. The van der Waals surface area contributed by atoms with Gasteiger partial charge in [0.25, 0.3) is 0 Å². The third-order valence-electron chi connectivity index (χ3n) is 18.4. The van der Waals surface area contributed by atoms with E-state index in [1.54, 1.807) is 0 Å². The van der Waals surface area contributed by atoms with Crippen molar-refractivity contribution in [2.45, 2.75) is 19.3 Å². The van der Waals surface area contributed by atoms with E-state index in [1.807, 2.05) is 72.0 Å². The largest absolute Gasteiger partial charge is 0.309 e. The highest BCUT2D eigenvalue weighted by molar-refractivity contribution is 7.26. The molecule has 7 nitrogen and oxygen atoms in total. The van der Waals surface area contributed by atoms with E-state index in [9.17, 15) is 0 Å². The van der Waals surface area contributed by atoms with Gasteiger partial charge in [-0.05, 0) is 118 Å². The number of hydrogen-bond donors (Lipinski definition) is 0. The Balaban J connectivity index is 0.721. The number of nitrogens with zero attached hydrogens (tertiary/aromatic N) is 7. The highest BCUT2D eigenvalue weighted by Crippen LogP contribution is 2.54. The van der Waals surface area contributed by atoms with E-state index in [2.05, 4.69) is 247 Å². The van der Waals surface area contributed by atoms with E-state index in [0.717, 1.165) is 72.7 Å². The normalized spacial score (nSPS) is 12.6. The van der Waals surface area contributed by atoms with Crippen molar-refractivity contribution in [3.63, 3.8) is 0 Å². The summed E-state index contributed by atoms with van der Waals surface area (Å²) < 4.78 is 7.45. The van der Waals surface area contributed by atoms with Crippen LogP contribution in [0.15, 0.2) is 285 Å². The molecule has 0 bridgehead atoms. The van der Waals surface area contributed by atoms with Crippen molar-refractivity contribution in [3.8, 4) is 102 Å². The zero-order valence-electron chi connectivity index (χ0n) is 49.2. The molecule has 0 spiro atoms. The molecule has 0 atom stereocenters. The summed E-state index contributed by atoms with van der Waals surface area (Å²) >= 11 is 1.88. The van der Waals surface area contributed by atoms with Crippen LogP contribution < -0.4 is 0 Å². The second-order valence-corrected chi connectivity index (χ2v) is 25.0. The molecule has 5 aromatic heterocycles. The molecule has 1 aliphatic rings. The van der Waals surface area contributed by atoms with Crippen LogP contribution in [0.1, 0.15) is 25.0 Å². The Kier molecular flexibility index (Phi) is 11.7. The van der Waals surface area contributed by atoms with E-state index < -0.39 is 0 Å².